The molecule has 0 bridgehead atoms. The van der Waals surface area contributed by atoms with Crippen molar-refractivity contribution in [2.45, 2.75) is 44.2 Å². The van der Waals surface area contributed by atoms with E-state index in [1.807, 2.05) is 13.8 Å². The van der Waals surface area contributed by atoms with Crippen LogP contribution in [0.15, 0.2) is 29.2 Å². The highest BCUT2D eigenvalue weighted by atomic mass is 32.2. The van der Waals surface area contributed by atoms with Gasteiger partial charge in [-0.1, -0.05) is 26.0 Å². The number of rotatable bonds is 6. The molecule has 4 nitrogen and oxygen atoms in total. The Balaban J connectivity index is 3.04. The summed E-state index contributed by atoms with van der Waals surface area (Å²) in [4.78, 5) is 0.328. The molecule has 5 heteroatoms. The van der Waals surface area contributed by atoms with Crippen molar-refractivity contribution in [3.63, 3.8) is 0 Å². The molecule has 1 aromatic rings. The van der Waals surface area contributed by atoms with Crippen LogP contribution in [0.1, 0.15) is 32.3 Å². The highest BCUT2D eigenvalue weighted by Crippen LogP contribution is 2.19. The van der Waals surface area contributed by atoms with Gasteiger partial charge in [0, 0.05) is 19.6 Å². The van der Waals surface area contributed by atoms with Crippen LogP contribution >= 0.6 is 0 Å². The zero-order chi connectivity index (χ0) is 13.8. The summed E-state index contributed by atoms with van der Waals surface area (Å²) in [6, 6.07) is 6.80. The SMILES string of the molecule is CCC(CC)N(C)S(=O)(=O)c1ccc(CN)cc1. The third kappa shape index (κ3) is 3.10. The molecule has 0 aliphatic carbocycles. The largest absolute Gasteiger partial charge is 0.326 e. The lowest BCUT2D eigenvalue weighted by atomic mass is 10.2. The maximum absolute atomic E-state index is 12.4. The van der Waals surface area contributed by atoms with Crippen molar-refractivity contribution < 1.29 is 8.42 Å². The molecule has 0 unspecified atom stereocenters. The monoisotopic (exact) mass is 270 g/mol. The summed E-state index contributed by atoms with van der Waals surface area (Å²) in [5.41, 5.74) is 6.43. The first-order valence-corrected chi connectivity index (χ1v) is 7.68. The lowest BCUT2D eigenvalue weighted by molar-refractivity contribution is 0.349. The van der Waals surface area contributed by atoms with E-state index in [0.717, 1.165) is 18.4 Å². The predicted octanol–water partition coefficient (Wildman–Crippen LogP) is 1.95. The van der Waals surface area contributed by atoms with Crippen molar-refractivity contribution in [2.24, 2.45) is 5.73 Å². The molecule has 0 saturated heterocycles. The van der Waals surface area contributed by atoms with Gasteiger partial charge in [-0.05, 0) is 30.5 Å². The van der Waals surface area contributed by atoms with Gasteiger partial charge in [0.2, 0.25) is 10.0 Å². The molecule has 0 heterocycles. The van der Waals surface area contributed by atoms with Gasteiger partial charge in [0.05, 0.1) is 4.90 Å². The lowest BCUT2D eigenvalue weighted by Crippen LogP contribution is -2.36. The van der Waals surface area contributed by atoms with Crippen LogP contribution in [0, 0.1) is 0 Å². The van der Waals surface area contributed by atoms with Crippen LogP contribution in [0.25, 0.3) is 0 Å². The van der Waals surface area contributed by atoms with Gasteiger partial charge in [-0.3, -0.25) is 0 Å². The zero-order valence-electron chi connectivity index (χ0n) is 11.3. The zero-order valence-corrected chi connectivity index (χ0v) is 12.1. The van der Waals surface area contributed by atoms with Crippen LogP contribution in [0.4, 0.5) is 0 Å². The Labute approximate surface area is 110 Å². The Bertz CT molecular complexity index is 464. The van der Waals surface area contributed by atoms with Crippen LogP contribution in [-0.4, -0.2) is 25.8 Å². The summed E-state index contributed by atoms with van der Waals surface area (Å²) in [6.07, 6.45) is 1.63. The third-order valence-corrected chi connectivity index (χ3v) is 5.22. The van der Waals surface area contributed by atoms with Crippen LogP contribution < -0.4 is 5.73 Å². The Hall–Kier alpha value is -0.910. The molecule has 102 valence electrons. The van der Waals surface area contributed by atoms with E-state index in [-0.39, 0.29) is 6.04 Å². The highest BCUT2D eigenvalue weighted by Gasteiger charge is 2.25. The van der Waals surface area contributed by atoms with E-state index in [0.29, 0.717) is 11.4 Å². The Morgan fingerprint density at radius 3 is 2.06 bits per heavy atom. The Morgan fingerprint density at radius 1 is 1.17 bits per heavy atom. The van der Waals surface area contributed by atoms with E-state index >= 15 is 0 Å². The van der Waals surface area contributed by atoms with Crippen LogP contribution in [-0.2, 0) is 16.6 Å². The lowest BCUT2D eigenvalue weighted by Gasteiger charge is -2.25. The highest BCUT2D eigenvalue weighted by molar-refractivity contribution is 7.89. The minimum atomic E-state index is -3.39. The van der Waals surface area contributed by atoms with Gasteiger partial charge in [0.25, 0.3) is 0 Å². The molecule has 0 fully saturated rings. The molecular formula is C13H22N2O2S. The van der Waals surface area contributed by atoms with Crippen molar-refractivity contribution >= 4 is 10.0 Å². The number of benzene rings is 1. The standard InChI is InChI=1S/C13H22N2O2S/c1-4-12(5-2)15(3)18(16,17)13-8-6-11(10-14)7-9-13/h6-9,12H,4-5,10,14H2,1-3H3. The molecule has 0 aromatic heterocycles. The average molecular weight is 270 g/mol. The number of hydrogen-bond donors (Lipinski definition) is 1. The summed E-state index contributed by atoms with van der Waals surface area (Å²) >= 11 is 0. The van der Waals surface area contributed by atoms with Gasteiger partial charge >= 0.3 is 0 Å². The smallest absolute Gasteiger partial charge is 0.243 e. The van der Waals surface area contributed by atoms with Crippen molar-refractivity contribution in [1.29, 1.82) is 0 Å². The third-order valence-electron chi connectivity index (χ3n) is 3.29. The van der Waals surface area contributed by atoms with Crippen molar-refractivity contribution in [2.75, 3.05) is 7.05 Å². The van der Waals surface area contributed by atoms with E-state index in [2.05, 4.69) is 0 Å². The number of sulfonamides is 1. The molecule has 0 radical (unpaired) electrons. The fourth-order valence-electron chi connectivity index (χ4n) is 1.96. The summed E-state index contributed by atoms with van der Waals surface area (Å²) in [7, 11) is -1.75. The van der Waals surface area contributed by atoms with Crippen LogP contribution in [0.5, 0.6) is 0 Å². The predicted molar refractivity (Wildman–Crippen MR) is 73.7 cm³/mol. The van der Waals surface area contributed by atoms with Crippen LogP contribution in [0.3, 0.4) is 0 Å². The summed E-state index contributed by atoms with van der Waals surface area (Å²) in [5.74, 6) is 0. The average Bonchev–Trinajstić information content (AvgIpc) is 2.40. The first-order valence-electron chi connectivity index (χ1n) is 6.24. The van der Waals surface area contributed by atoms with Gasteiger partial charge in [-0.25, -0.2) is 8.42 Å². The summed E-state index contributed by atoms with van der Waals surface area (Å²) < 4.78 is 26.2. The quantitative estimate of drug-likeness (QED) is 0.859. The van der Waals surface area contributed by atoms with Gasteiger partial charge in [-0.15, -0.1) is 0 Å². The maximum Gasteiger partial charge on any atom is 0.243 e. The molecule has 18 heavy (non-hydrogen) atoms. The molecule has 0 amide bonds. The van der Waals surface area contributed by atoms with Crippen molar-refractivity contribution in [3.8, 4) is 0 Å². The molecule has 2 N–H and O–H groups in total. The molecule has 1 aromatic carbocycles. The fourth-order valence-corrected chi connectivity index (χ4v) is 3.47. The number of nitrogens with zero attached hydrogens (tertiary/aromatic N) is 1. The molecule has 0 aliphatic heterocycles. The second-order valence-corrected chi connectivity index (χ2v) is 6.34. The summed E-state index contributed by atoms with van der Waals surface area (Å²) in [6.45, 7) is 4.41. The molecule has 0 spiro atoms. The molecule has 0 atom stereocenters. The van der Waals surface area contributed by atoms with Gasteiger partial charge in [0.15, 0.2) is 0 Å². The van der Waals surface area contributed by atoms with E-state index in [9.17, 15) is 8.42 Å². The molecule has 0 saturated carbocycles. The molecular weight excluding hydrogens is 248 g/mol. The number of hydrogen-bond acceptors (Lipinski definition) is 3. The normalized spacial score (nSPS) is 12.3. The minimum Gasteiger partial charge on any atom is -0.326 e. The Morgan fingerprint density at radius 2 is 1.67 bits per heavy atom. The van der Waals surface area contributed by atoms with E-state index in [1.54, 1.807) is 31.3 Å². The Kier molecular flexibility index (Phi) is 5.31. The van der Waals surface area contributed by atoms with Crippen molar-refractivity contribution in [1.82, 2.24) is 4.31 Å². The van der Waals surface area contributed by atoms with E-state index in [1.165, 1.54) is 4.31 Å². The van der Waals surface area contributed by atoms with Gasteiger partial charge in [0.1, 0.15) is 0 Å². The van der Waals surface area contributed by atoms with E-state index in [4.69, 9.17) is 5.73 Å². The first-order chi connectivity index (χ1) is 8.47. The topological polar surface area (TPSA) is 63.4 Å². The van der Waals surface area contributed by atoms with Crippen LogP contribution in [0.2, 0.25) is 0 Å². The molecule has 1 rings (SSSR count). The molecule has 0 aliphatic rings. The second-order valence-electron chi connectivity index (χ2n) is 4.34. The number of nitrogens with two attached hydrogens (primary N) is 1. The minimum absolute atomic E-state index is 0.0455. The fraction of sp³-hybridized carbons (Fsp3) is 0.538. The van der Waals surface area contributed by atoms with Gasteiger partial charge in [-0.2, -0.15) is 4.31 Å². The van der Waals surface area contributed by atoms with Gasteiger partial charge < -0.3 is 5.73 Å². The van der Waals surface area contributed by atoms with Crippen molar-refractivity contribution in [3.05, 3.63) is 29.8 Å². The first kappa shape index (κ1) is 15.1. The second kappa shape index (κ2) is 6.31. The maximum atomic E-state index is 12.4. The summed E-state index contributed by atoms with van der Waals surface area (Å²) in [5, 5.41) is 0. The van der Waals surface area contributed by atoms with E-state index < -0.39 is 10.0 Å².